The molecule has 0 aliphatic carbocycles. The van der Waals surface area contributed by atoms with Crippen molar-refractivity contribution in [2.75, 3.05) is 0 Å². The van der Waals surface area contributed by atoms with E-state index < -0.39 is 0 Å². The number of carbonyl (C=O) groups is 1. The quantitative estimate of drug-likeness (QED) is 0.894. The van der Waals surface area contributed by atoms with Crippen molar-refractivity contribution in [3.8, 4) is 0 Å². The molecule has 2 heterocycles. The van der Waals surface area contributed by atoms with E-state index in [0.717, 1.165) is 11.0 Å². The summed E-state index contributed by atoms with van der Waals surface area (Å²) in [4.78, 5) is 15.9. The van der Waals surface area contributed by atoms with Crippen LogP contribution in [0.15, 0.2) is 23.1 Å². The summed E-state index contributed by atoms with van der Waals surface area (Å²) < 4.78 is 2.77. The number of aromatic nitrogens is 4. The number of amides is 1. The second kappa shape index (κ2) is 5.13. The van der Waals surface area contributed by atoms with Crippen molar-refractivity contribution in [3.05, 3.63) is 34.6 Å². The number of nitrogens with one attached hydrogen (secondary N) is 2. The van der Waals surface area contributed by atoms with Crippen LogP contribution < -0.4 is 5.32 Å². The summed E-state index contributed by atoms with van der Waals surface area (Å²) in [5, 5.41) is 9.17. The Morgan fingerprint density at radius 2 is 2.47 bits per heavy atom. The van der Waals surface area contributed by atoms with E-state index >= 15 is 0 Å². The fourth-order valence-corrected chi connectivity index (χ4v) is 1.96. The Hall–Kier alpha value is -1.63. The summed E-state index contributed by atoms with van der Waals surface area (Å²) in [6.07, 6.45) is 3.29. The highest BCUT2D eigenvalue weighted by atomic mass is 79.9. The maximum absolute atomic E-state index is 11.9. The van der Waals surface area contributed by atoms with Crippen molar-refractivity contribution in [1.82, 2.24) is 25.1 Å². The van der Waals surface area contributed by atoms with Gasteiger partial charge in [0.05, 0.1) is 6.54 Å². The van der Waals surface area contributed by atoms with E-state index in [1.165, 1.54) is 6.33 Å². The van der Waals surface area contributed by atoms with Gasteiger partial charge in [-0.15, -0.1) is 0 Å². The van der Waals surface area contributed by atoms with Crippen LogP contribution in [0.1, 0.15) is 23.2 Å². The first-order valence-electron chi connectivity index (χ1n) is 5.18. The number of rotatable bonds is 4. The minimum absolute atomic E-state index is 0.131. The molecular weight excluding hydrogens is 286 g/mol. The van der Waals surface area contributed by atoms with E-state index in [0.29, 0.717) is 18.1 Å². The molecule has 0 radical (unpaired) electrons. The fraction of sp³-hybridized carbons (Fsp3) is 0.300. The van der Waals surface area contributed by atoms with Gasteiger partial charge in [-0.1, -0.05) is 0 Å². The van der Waals surface area contributed by atoms with Crippen molar-refractivity contribution in [2.24, 2.45) is 0 Å². The minimum atomic E-state index is -0.131. The lowest BCUT2D eigenvalue weighted by Crippen LogP contribution is -2.25. The molecule has 0 aliphatic heterocycles. The molecule has 90 valence electrons. The molecule has 17 heavy (non-hydrogen) atoms. The SMILES string of the molecule is CCn1cc(Br)cc1C(=O)NCc1ncn[nH]1. The van der Waals surface area contributed by atoms with Crippen LogP contribution in [0.2, 0.25) is 0 Å². The first-order valence-corrected chi connectivity index (χ1v) is 5.98. The zero-order valence-electron chi connectivity index (χ0n) is 9.27. The summed E-state index contributed by atoms with van der Waals surface area (Å²) in [5.74, 6) is 0.501. The smallest absolute Gasteiger partial charge is 0.268 e. The third-order valence-corrected chi connectivity index (χ3v) is 2.75. The molecule has 2 aromatic heterocycles. The van der Waals surface area contributed by atoms with Gasteiger partial charge in [0.1, 0.15) is 17.8 Å². The van der Waals surface area contributed by atoms with Gasteiger partial charge in [0, 0.05) is 17.2 Å². The highest BCUT2D eigenvalue weighted by Gasteiger charge is 2.12. The number of hydrogen-bond donors (Lipinski definition) is 2. The summed E-state index contributed by atoms with van der Waals surface area (Å²) in [5.41, 5.74) is 0.624. The number of aryl methyl sites for hydroxylation is 1. The molecule has 2 N–H and O–H groups in total. The average Bonchev–Trinajstić information content (AvgIpc) is 2.94. The Labute approximate surface area is 107 Å². The van der Waals surface area contributed by atoms with Crippen molar-refractivity contribution >= 4 is 21.8 Å². The Morgan fingerprint density at radius 3 is 3.12 bits per heavy atom. The number of nitrogens with zero attached hydrogens (tertiary/aromatic N) is 3. The van der Waals surface area contributed by atoms with Crippen molar-refractivity contribution in [3.63, 3.8) is 0 Å². The topological polar surface area (TPSA) is 75.6 Å². The van der Waals surface area contributed by atoms with Crippen LogP contribution in [-0.4, -0.2) is 25.7 Å². The van der Waals surface area contributed by atoms with Crippen LogP contribution in [0.4, 0.5) is 0 Å². The average molecular weight is 298 g/mol. The van der Waals surface area contributed by atoms with E-state index in [1.807, 2.05) is 17.7 Å². The van der Waals surface area contributed by atoms with Crippen LogP contribution in [0, 0.1) is 0 Å². The number of carbonyl (C=O) groups excluding carboxylic acids is 1. The Bertz CT molecular complexity index is 505. The van der Waals surface area contributed by atoms with Gasteiger partial charge in [0.15, 0.2) is 0 Å². The Morgan fingerprint density at radius 1 is 1.65 bits per heavy atom. The molecule has 1 amide bonds. The molecule has 2 rings (SSSR count). The summed E-state index contributed by atoms with van der Waals surface area (Å²) >= 11 is 3.35. The van der Waals surface area contributed by atoms with Gasteiger partial charge in [0.25, 0.3) is 5.91 Å². The maximum atomic E-state index is 11.9. The lowest BCUT2D eigenvalue weighted by Gasteiger charge is -2.06. The standard InChI is InChI=1S/C10H12BrN5O/c1-2-16-5-7(11)3-8(16)10(17)12-4-9-13-6-14-15-9/h3,5-6H,2,4H2,1H3,(H,12,17)(H,13,14,15). The van der Waals surface area contributed by atoms with E-state index in [1.54, 1.807) is 6.07 Å². The van der Waals surface area contributed by atoms with Crippen LogP contribution in [-0.2, 0) is 13.1 Å². The zero-order chi connectivity index (χ0) is 12.3. The van der Waals surface area contributed by atoms with Crippen molar-refractivity contribution < 1.29 is 4.79 Å². The molecule has 2 aromatic rings. The third kappa shape index (κ3) is 2.73. The predicted octanol–water partition coefficient (Wildman–Crippen LogP) is 1.32. The summed E-state index contributed by atoms with van der Waals surface area (Å²) in [6.45, 7) is 3.07. The molecule has 0 unspecified atom stereocenters. The summed E-state index contributed by atoms with van der Waals surface area (Å²) in [6, 6.07) is 1.79. The highest BCUT2D eigenvalue weighted by molar-refractivity contribution is 9.10. The second-order valence-electron chi connectivity index (χ2n) is 3.44. The van der Waals surface area contributed by atoms with Gasteiger partial charge in [-0.05, 0) is 28.9 Å². The minimum Gasteiger partial charge on any atom is -0.343 e. The van der Waals surface area contributed by atoms with Crippen molar-refractivity contribution in [2.45, 2.75) is 20.0 Å². The van der Waals surface area contributed by atoms with Crippen LogP contribution >= 0.6 is 15.9 Å². The van der Waals surface area contributed by atoms with Gasteiger partial charge in [-0.25, -0.2) is 4.98 Å². The molecule has 6 nitrogen and oxygen atoms in total. The number of halogens is 1. The van der Waals surface area contributed by atoms with Gasteiger partial charge >= 0.3 is 0 Å². The van der Waals surface area contributed by atoms with Crippen LogP contribution in [0.5, 0.6) is 0 Å². The van der Waals surface area contributed by atoms with E-state index in [-0.39, 0.29) is 5.91 Å². The van der Waals surface area contributed by atoms with Gasteiger partial charge in [0.2, 0.25) is 0 Å². The molecule has 0 atom stereocenters. The van der Waals surface area contributed by atoms with E-state index in [4.69, 9.17) is 0 Å². The highest BCUT2D eigenvalue weighted by Crippen LogP contribution is 2.14. The van der Waals surface area contributed by atoms with Gasteiger partial charge in [-0.2, -0.15) is 5.10 Å². The van der Waals surface area contributed by atoms with E-state index in [9.17, 15) is 4.79 Å². The number of hydrogen-bond acceptors (Lipinski definition) is 3. The Balaban J connectivity index is 2.04. The lowest BCUT2D eigenvalue weighted by atomic mass is 10.4. The van der Waals surface area contributed by atoms with E-state index in [2.05, 4.69) is 36.4 Å². The first-order chi connectivity index (χ1) is 8.20. The summed E-state index contributed by atoms with van der Waals surface area (Å²) in [7, 11) is 0. The van der Waals surface area contributed by atoms with Crippen LogP contribution in [0.25, 0.3) is 0 Å². The van der Waals surface area contributed by atoms with Gasteiger partial charge in [-0.3, -0.25) is 9.89 Å². The molecule has 0 spiro atoms. The Kier molecular flexibility index (Phi) is 3.58. The second-order valence-corrected chi connectivity index (χ2v) is 4.36. The number of aromatic amines is 1. The molecule has 7 heteroatoms. The molecule has 0 fully saturated rings. The fourth-order valence-electron chi connectivity index (χ4n) is 1.50. The van der Waals surface area contributed by atoms with Crippen LogP contribution in [0.3, 0.4) is 0 Å². The molecular formula is C10H12BrN5O. The predicted molar refractivity (Wildman–Crippen MR) is 65.4 cm³/mol. The molecule has 0 aromatic carbocycles. The van der Waals surface area contributed by atoms with Crippen molar-refractivity contribution in [1.29, 1.82) is 0 Å². The molecule has 0 saturated carbocycles. The number of H-pyrrole nitrogens is 1. The lowest BCUT2D eigenvalue weighted by molar-refractivity contribution is 0.0941. The molecule has 0 saturated heterocycles. The monoisotopic (exact) mass is 297 g/mol. The third-order valence-electron chi connectivity index (χ3n) is 2.32. The molecule has 0 bridgehead atoms. The normalized spacial score (nSPS) is 10.5. The maximum Gasteiger partial charge on any atom is 0.268 e. The molecule has 0 aliphatic rings. The largest absolute Gasteiger partial charge is 0.343 e. The first kappa shape index (κ1) is 11.8. The zero-order valence-corrected chi connectivity index (χ0v) is 10.9. The van der Waals surface area contributed by atoms with Gasteiger partial charge < -0.3 is 9.88 Å².